The van der Waals surface area contributed by atoms with Gasteiger partial charge in [-0.3, -0.25) is 14.4 Å². The Balaban J connectivity index is 0.000000212. The van der Waals surface area contributed by atoms with Crippen LogP contribution in [0.1, 0.15) is 21.5 Å². The molecule has 3 amide bonds. The van der Waals surface area contributed by atoms with Crippen LogP contribution >= 0.6 is 0 Å². The molecule has 3 aromatic carbocycles. The minimum atomic E-state index is -0.120. The normalized spacial score (nSPS) is 12.9. The lowest BCUT2D eigenvalue weighted by Crippen LogP contribution is -2.52. The minimum absolute atomic E-state index is 0.00576. The van der Waals surface area contributed by atoms with Crippen molar-refractivity contribution in [1.82, 2.24) is 15.1 Å². The van der Waals surface area contributed by atoms with Crippen molar-refractivity contribution in [2.24, 2.45) is 0 Å². The highest BCUT2D eigenvalue weighted by molar-refractivity contribution is 5.95. The van der Waals surface area contributed by atoms with Crippen molar-refractivity contribution in [3.05, 3.63) is 95.6 Å². The summed E-state index contributed by atoms with van der Waals surface area (Å²) in [6.07, 6.45) is 0.510. The predicted octanol–water partition coefficient (Wildman–Crippen LogP) is 3.69. The number of hydrogen-bond donors (Lipinski definition) is 1. The molecule has 0 bridgehead atoms. The van der Waals surface area contributed by atoms with Crippen molar-refractivity contribution in [2.75, 3.05) is 32.7 Å². The fourth-order valence-electron chi connectivity index (χ4n) is 3.76. The zero-order valence-corrected chi connectivity index (χ0v) is 19.7. The van der Waals surface area contributed by atoms with Gasteiger partial charge in [-0.1, -0.05) is 78.4 Å². The van der Waals surface area contributed by atoms with Crippen molar-refractivity contribution >= 4 is 18.2 Å². The monoisotopic (exact) mass is 457 g/mol. The average molecular weight is 458 g/mol. The third kappa shape index (κ3) is 6.78. The van der Waals surface area contributed by atoms with Gasteiger partial charge in [0.25, 0.3) is 5.91 Å². The molecule has 0 saturated carbocycles. The molecule has 1 aliphatic rings. The van der Waals surface area contributed by atoms with E-state index in [4.69, 9.17) is 0 Å². The maximum Gasteiger partial charge on any atom is 0.254 e. The number of carbonyl (C=O) groups excluding carboxylic acids is 3. The Kier molecular flexibility index (Phi) is 8.97. The summed E-state index contributed by atoms with van der Waals surface area (Å²) in [4.78, 5) is 37.8. The van der Waals surface area contributed by atoms with Crippen LogP contribution in [0.4, 0.5) is 0 Å². The second-order valence-electron chi connectivity index (χ2n) is 8.22. The highest BCUT2D eigenvalue weighted by atomic mass is 16.2. The lowest BCUT2D eigenvalue weighted by molar-refractivity contribution is -0.132. The smallest absolute Gasteiger partial charge is 0.254 e. The summed E-state index contributed by atoms with van der Waals surface area (Å²) in [5, 5.41) is 2.36. The first-order valence-corrected chi connectivity index (χ1v) is 11.4. The molecule has 3 aromatic rings. The SMILES string of the molecule is Cc1ccc(-c2ccccc2)cc1.Cc1ccccc1C(=O)N1CCN(C(=O)CNC=O)CC1. The zero-order chi connectivity index (χ0) is 24.3. The predicted molar refractivity (Wildman–Crippen MR) is 134 cm³/mol. The summed E-state index contributed by atoms with van der Waals surface area (Å²) in [6.45, 7) is 6.05. The van der Waals surface area contributed by atoms with Gasteiger partial charge >= 0.3 is 0 Å². The number of amides is 3. The van der Waals surface area contributed by atoms with Gasteiger partial charge in [-0.25, -0.2) is 0 Å². The van der Waals surface area contributed by atoms with Gasteiger partial charge in [0.05, 0.1) is 6.54 Å². The molecule has 176 valence electrons. The van der Waals surface area contributed by atoms with Gasteiger partial charge in [0.1, 0.15) is 0 Å². The Morgan fingerprint density at radius 3 is 1.94 bits per heavy atom. The van der Waals surface area contributed by atoms with Gasteiger partial charge < -0.3 is 15.1 Å². The van der Waals surface area contributed by atoms with E-state index in [-0.39, 0.29) is 18.4 Å². The van der Waals surface area contributed by atoms with Crippen LogP contribution in [0.25, 0.3) is 11.1 Å². The largest absolute Gasteiger partial charge is 0.350 e. The summed E-state index contributed by atoms with van der Waals surface area (Å²) in [5.74, 6) is -0.115. The van der Waals surface area contributed by atoms with E-state index in [9.17, 15) is 14.4 Å². The van der Waals surface area contributed by atoms with Gasteiger partial charge in [-0.05, 0) is 36.6 Å². The Morgan fingerprint density at radius 1 is 0.765 bits per heavy atom. The number of hydrogen-bond acceptors (Lipinski definition) is 3. The van der Waals surface area contributed by atoms with E-state index >= 15 is 0 Å². The Bertz CT molecular complexity index is 1090. The first-order valence-electron chi connectivity index (χ1n) is 11.4. The molecule has 1 aliphatic heterocycles. The summed E-state index contributed by atoms with van der Waals surface area (Å²) in [7, 11) is 0. The van der Waals surface area contributed by atoms with Gasteiger partial charge in [0, 0.05) is 31.7 Å². The fraction of sp³-hybridized carbons (Fsp3) is 0.250. The summed E-state index contributed by atoms with van der Waals surface area (Å²) >= 11 is 0. The van der Waals surface area contributed by atoms with Crippen molar-refractivity contribution < 1.29 is 14.4 Å². The maximum atomic E-state index is 12.4. The van der Waals surface area contributed by atoms with Gasteiger partial charge in [-0.2, -0.15) is 0 Å². The van der Waals surface area contributed by atoms with E-state index < -0.39 is 0 Å². The molecule has 1 heterocycles. The molecule has 0 aromatic heterocycles. The van der Waals surface area contributed by atoms with E-state index in [2.05, 4.69) is 60.8 Å². The molecule has 1 saturated heterocycles. The Labute approximate surface area is 201 Å². The molecule has 34 heavy (non-hydrogen) atoms. The number of piperazine rings is 1. The first-order chi connectivity index (χ1) is 16.5. The van der Waals surface area contributed by atoms with E-state index in [1.54, 1.807) is 9.80 Å². The summed E-state index contributed by atoms with van der Waals surface area (Å²) in [6, 6.07) is 26.5. The molecule has 1 fully saturated rings. The molecule has 0 unspecified atom stereocenters. The molecule has 6 heteroatoms. The molecule has 0 aliphatic carbocycles. The molecule has 0 spiro atoms. The van der Waals surface area contributed by atoms with Crippen LogP contribution in [0.5, 0.6) is 0 Å². The molecule has 0 atom stereocenters. The second-order valence-corrected chi connectivity index (χ2v) is 8.22. The Hall–Kier alpha value is -3.93. The van der Waals surface area contributed by atoms with E-state index in [0.717, 1.165) is 5.56 Å². The summed E-state index contributed by atoms with van der Waals surface area (Å²) in [5.41, 5.74) is 5.53. The topological polar surface area (TPSA) is 69.7 Å². The van der Waals surface area contributed by atoms with Crippen LogP contribution in [0.2, 0.25) is 0 Å². The van der Waals surface area contributed by atoms with Crippen LogP contribution in [-0.2, 0) is 9.59 Å². The minimum Gasteiger partial charge on any atom is -0.350 e. The van der Waals surface area contributed by atoms with E-state index in [0.29, 0.717) is 38.2 Å². The van der Waals surface area contributed by atoms with Crippen LogP contribution in [-0.4, -0.2) is 60.7 Å². The van der Waals surface area contributed by atoms with Gasteiger partial charge in [-0.15, -0.1) is 0 Å². The molecule has 1 N–H and O–H groups in total. The lowest BCUT2D eigenvalue weighted by atomic mass is 10.0. The zero-order valence-electron chi connectivity index (χ0n) is 19.7. The first kappa shape index (κ1) is 24.7. The number of nitrogens with one attached hydrogen (secondary N) is 1. The second kappa shape index (κ2) is 12.3. The van der Waals surface area contributed by atoms with Crippen LogP contribution in [0, 0.1) is 13.8 Å². The standard InChI is InChI=1S/C15H19N3O3.C13H12/c1-12-4-2-3-5-13(12)15(21)18-8-6-17(7-9-18)14(20)10-16-11-19;1-11-7-9-13(10-8-11)12-5-3-2-4-6-12/h2-5,11H,6-10H2,1H3,(H,16,19);2-10H,1H3. The van der Waals surface area contributed by atoms with Crippen LogP contribution in [0.3, 0.4) is 0 Å². The van der Waals surface area contributed by atoms with Crippen molar-refractivity contribution in [2.45, 2.75) is 13.8 Å². The number of aryl methyl sites for hydroxylation is 2. The third-order valence-corrected chi connectivity index (χ3v) is 5.79. The van der Waals surface area contributed by atoms with Crippen LogP contribution < -0.4 is 5.32 Å². The van der Waals surface area contributed by atoms with E-state index in [1.807, 2.05) is 37.3 Å². The number of carbonyl (C=O) groups is 3. The number of benzene rings is 3. The van der Waals surface area contributed by atoms with Gasteiger partial charge in [0.15, 0.2) is 0 Å². The molecule has 6 nitrogen and oxygen atoms in total. The average Bonchev–Trinajstić information content (AvgIpc) is 2.88. The number of nitrogens with zero attached hydrogens (tertiary/aromatic N) is 2. The van der Waals surface area contributed by atoms with Crippen LogP contribution in [0.15, 0.2) is 78.9 Å². The molecule has 4 rings (SSSR count). The Morgan fingerprint density at radius 2 is 1.32 bits per heavy atom. The van der Waals surface area contributed by atoms with E-state index in [1.165, 1.54) is 16.7 Å². The maximum absolute atomic E-state index is 12.4. The molecular formula is C28H31N3O3. The van der Waals surface area contributed by atoms with Crippen molar-refractivity contribution in [3.8, 4) is 11.1 Å². The fourth-order valence-corrected chi connectivity index (χ4v) is 3.76. The summed E-state index contributed by atoms with van der Waals surface area (Å²) < 4.78 is 0. The molecular weight excluding hydrogens is 426 g/mol. The van der Waals surface area contributed by atoms with Gasteiger partial charge in [0.2, 0.25) is 12.3 Å². The number of rotatable bonds is 5. The molecule has 0 radical (unpaired) electrons. The lowest BCUT2D eigenvalue weighted by Gasteiger charge is -2.35. The highest BCUT2D eigenvalue weighted by Crippen LogP contribution is 2.18. The third-order valence-electron chi connectivity index (χ3n) is 5.79. The van der Waals surface area contributed by atoms with Crippen molar-refractivity contribution in [3.63, 3.8) is 0 Å². The highest BCUT2D eigenvalue weighted by Gasteiger charge is 2.25. The quantitative estimate of drug-likeness (QED) is 0.594. The van der Waals surface area contributed by atoms with Crippen molar-refractivity contribution in [1.29, 1.82) is 0 Å².